The van der Waals surface area contributed by atoms with E-state index < -0.39 is 0 Å². The number of hydrogen-bond donors (Lipinski definition) is 0. The number of Topliss-reactive ketones (excluding diaryl/α,β-unsaturated/α-hetero) is 2. The smallest absolute Gasteiger partial charge is 0.177 e. The minimum atomic E-state index is -0.198. The molecule has 4 heteroatoms. The predicted octanol–water partition coefficient (Wildman–Crippen LogP) is 2.53. The molecule has 0 radical (unpaired) electrons. The van der Waals surface area contributed by atoms with Crippen molar-refractivity contribution in [3.63, 3.8) is 0 Å². The monoisotopic (exact) mass is 230 g/mol. The molecule has 0 aromatic heterocycles. The van der Waals surface area contributed by atoms with E-state index in [1.165, 1.54) is 6.07 Å². The zero-order valence-corrected chi connectivity index (χ0v) is 8.81. The Bertz CT molecular complexity index is 330. The second-order valence-corrected chi connectivity index (χ2v) is 3.23. The molecular formula is C10H8Cl2O2. The van der Waals surface area contributed by atoms with Crippen molar-refractivity contribution in [1.82, 2.24) is 0 Å². The van der Waals surface area contributed by atoms with Crippen LogP contribution in [-0.4, -0.2) is 23.3 Å². The van der Waals surface area contributed by atoms with Gasteiger partial charge in [0.2, 0.25) is 0 Å². The van der Waals surface area contributed by atoms with Gasteiger partial charge in [0.1, 0.15) is 0 Å². The van der Waals surface area contributed by atoms with E-state index in [1.54, 1.807) is 18.2 Å². The third-order valence-electron chi connectivity index (χ3n) is 1.75. The van der Waals surface area contributed by atoms with Gasteiger partial charge in [-0.1, -0.05) is 18.2 Å². The molecule has 0 unspecified atom stereocenters. The predicted molar refractivity (Wildman–Crippen MR) is 56.5 cm³/mol. The zero-order chi connectivity index (χ0) is 10.6. The molecule has 0 saturated carbocycles. The minimum Gasteiger partial charge on any atom is -0.293 e. The normalized spacial score (nSPS) is 9.86. The maximum atomic E-state index is 11.2. The minimum absolute atomic E-state index is 0.0848. The van der Waals surface area contributed by atoms with Gasteiger partial charge in [-0.15, -0.1) is 23.2 Å². The van der Waals surface area contributed by atoms with Crippen LogP contribution in [0.3, 0.4) is 0 Å². The quantitative estimate of drug-likeness (QED) is 0.589. The highest BCUT2D eigenvalue weighted by Gasteiger charge is 2.08. The summed E-state index contributed by atoms with van der Waals surface area (Å²) in [6.45, 7) is 0. The van der Waals surface area contributed by atoms with Gasteiger partial charge in [-0.05, 0) is 6.07 Å². The second kappa shape index (κ2) is 5.13. The summed E-state index contributed by atoms with van der Waals surface area (Å²) in [4.78, 5) is 22.4. The highest BCUT2D eigenvalue weighted by atomic mass is 35.5. The number of halogens is 2. The van der Waals surface area contributed by atoms with Crippen molar-refractivity contribution < 1.29 is 9.59 Å². The molecule has 1 rings (SSSR count). The Labute approximate surface area is 91.8 Å². The Morgan fingerprint density at radius 1 is 1.00 bits per heavy atom. The van der Waals surface area contributed by atoms with Crippen LogP contribution in [0.4, 0.5) is 0 Å². The Kier molecular flexibility index (Phi) is 4.11. The van der Waals surface area contributed by atoms with E-state index >= 15 is 0 Å². The molecule has 0 aliphatic rings. The molecule has 0 heterocycles. The molecule has 74 valence electrons. The third kappa shape index (κ3) is 2.56. The highest BCUT2D eigenvalue weighted by Crippen LogP contribution is 2.08. The van der Waals surface area contributed by atoms with E-state index in [2.05, 4.69) is 0 Å². The number of hydrogen-bond acceptors (Lipinski definition) is 2. The topological polar surface area (TPSA) is 34.1 Å². The molecule has 14 heavy (non-hydrogen) atoms. The molecular weight excluding hydrogens is 223 g/mol. The van der Waals surface area contributed by atoms with E-state index in [9.17, 15) is 9.59 Å². The molecule has 0 saturated heterocycles. The van der Waals surface area contributed by atoms with Gasteiger partial charge >= 0.3 is 0 Å². The lowest BCUT2D eigenvalue weighted by Crippen LogP contribution is -2.05. The van der Waals surface area contributed by atoms with Gasteiger partial charge in [-0.25, -0.2) is 0 Å². The van der Waals surface area contributed by atoms with Crippen LogP contribution >= 0.6 is 23.2 Å². The Hall–Kier alpha value is -0.860. The fraction of sp³-hybridized carbons (Fsp3) is 0.200. The largest absolute Gasteiger partial charge is 0.293 e. The van der Waals surface area contributed by atoms with Crippen molar-refractivity contribution in [2.24, 2.45) is 0 Å². The number of alkyl halides is 2. The van der Waals surface area contributed by atoms with Crippen LogP contribution < -0.4 is 0 Å². The molecule has 0 bridgehead atoms. The van der Waals surface area contributed by atoms with Gasteiger partial charge in [0.05, 0.1) is 11.8 Å². The van der Waals surface area contributed by atoms with Crippen LogP contribution in [0.5, 0.6) is 0 Å². The molecule has 0 fully saturated rings. The fourth-order valence-electron chi connectivity index (χ4n) is 1.02. The van der Waals surface area contributed by atoms with Gasteiger partial charge in [-0.3, -0.25) is 9.59 Å². The van der Waals surface area contributed by atoms with Crippen molar-refractivity contribution in [3.8, 4) is 0 Å². The van der Waals surface area contributed by atoms with Crippen molar-refractivity contribution in [2.75, 3.05) is 11.8 Å². The third-order valence-corrected chi connectivity index (χ3v) is 2.23. The summed E-state index contributed by atoms with van der Waals surface area (Å²) in [5, 5.41) is 0. The van der Waals surface area contributed by atoms with E-state index in [4.69, 9.17) is 23.2 Å². The Morgan fingerprint density at radius 2 is 1.43 bits per heavy atom. The summed E-state index contributed by atoms with van der Waals surface area (Å²) in [5.74, 6) is -0.566. The number of rotatable bonds is 4. The van der Waals surface area contributed by atoms with E-state index in [0.717, 1.165) is 0 Å². The molecule has 0 N–H and O–H groups in total. The SMILES string of the molecule is O=C(CCl)c1cccc(C(=O)CCl)c1. The zero-order valence-electron chi connectivity index (χ0n) is 7.30. The van der Waals surface area contributed by atoms with Crippen LogP contribution in [0, 0.1) is 0 Å². The first-order valence-corrected chi connectivity index (χ1v) is 5.04. The lowest BCUT2D eigenvalue weighted by molar-refractivity contribution is 0.102. The van der Waals surface area contributed by atoms with Crippen LogP contribution in [0.15, 0.2) is 24.3 Å². The molecule has 2 nitrogen and oxygen atoms in total. The molecule has 0 spiro atoms. The van der Waals surface area contributed by atoms with Gasteiger partial charge in [0, 0.05) is 11.1 Å². The van der Waals surface area contributed by atoms with Gasteiger partial charge in [0.25, 0.3) is 0 Å². The van der Waals surface area contributed by atoms with Crippen molar-refractivity contribution in [3.05, 3.63) is 35.4 Å². The number of benzene rings is 1. The van der Waals surface area contributed by atoms with Gasteiger partial charge in [-0.2, -0.15) is 0 Å². The molecule has 1 aromatic carbocycles. The van der Waals surface area contributed by atoms with Crippen LogP contribution in [-0.2, 0) is 0 Å². The summed E-state index contributed by atoms with van der Waals surface area (Å²) >= 11 is 10.8. The average molecular weight is 231 g/mol. The first-order valence-electron chi connectivity index (χ1n) is 3.97. The summed E-state index contributed by atoms with van der Waals surface area (Å²) in [5.41, 5.74) is 0.881. The Morgan fingerprint density at radius 3 is 1.79 bits per heavy atom. The molecule has 0 aliphatic heterocycles. The van der Waals surface area contributed by atoms with Crippen LogP contribution in [0.1, 0.15) is 20.7 Å². The van der Waals surface area contributed by atoms with E-state index in [0.29, 0.717) is 11.1 Å². The summed E-state index contributed by atoms with van der Waals surface area (Å²) in [6, 6.07) is 6.39. The van der Waals surface area contributed by atoms with E-state index in [-0.39, 0.29) is 23.3 Å². The maximum Gasteiger partial charge on any atom is 0.177 e. The van der Waals surface area contributed by atoms with Crippen molar-refractivity contribution >= 4 is 34.8 Å². The number of ketones is 2. The number of carbonyl (C=O) groups excluding carboxylic acids is 2. The van der Waals surface area contributed by atoms with Gasteiger partial charge < -0.3 is 0 Å². The average Bonchev–Trinajstić information content (AvgIpc) is 2.27. The molecule has 0 aliphatic carbocycles. The first-order chi connectivity index (χ1) is 6.69. The molecule has 1 aromatic rings. The van der Waals surface area contributed by atoms with Crippen LogP contribution in [0.2, 0.25) is 0 Å². The maximum absolute atomic E-state index is 11.2. The summed E-state index contributed by atoms with van der Waals surface area (Å²) < 4.78 is 0. The Balaban J connectivity index is 3.01. The standard InChI is InChI=1S/C10H8Cl2O2/c11-5-9(13)7-2-1-3-8(4-7)10(14)6-12/h1-4H,5-6H2. The lowest BCUT2D eigenvalue weighted by atomic mass is 10.1. The van der Waals surface area contributed by atoms with E-state index in [1.807, 2.05) is 0 Å². The fourth-order valence-corrected chi connectivity index (χ4v) is 1.33. The number of carbonyl (C=O) groups is 2. The summed E-state index contributed by atoms with van der Waals surface area (Å²) in [6.07, 6.45) is 0. The first kappa shape index (κ1) is 11.2. The van der Waals surface area contributed by atoms with Crippen molar-refractivity contribution in [2.45, 2.75) is 0 Å². The highest BCUT2D eigenvalue weighted by molar-refractivity contribution is 6.31. The molecule has 0 amide bonds. The van der Waals surface area contributed by atoms with Crippen molar-refractivity contribution in [1.29, 1.82) is 0 Å². The lowest BCUT2D eigenvalue weighted by Gasteiger charge is -2.00. The molecule has 0 atom stereocenters. The van der Waals surface area contributed by atoms with Gasteiger partial charge in [0.15, 0.2) is 11.6 Å². The van der Waals surface area contributed by atoms with Crippen LogP contribution in [0.25, 0.3) is 0 Å². The second-order valence-electron chi connectivity index (χ2n) is 2.69. The summed E-state index contributed by atoms with van der Waals surface area (Å²) in [7, 11) is 0.